The molecular formula is C11H12ClF2NO3. The van der Waals surface area contributed by atoms with Crippen LogP contribution in [0, 0.1) is 0 Å². The Bertz CT molecular complexity index is 442. The lowest BCUT2D eigenvalue weighted by Gasteiger charge is -2.31. The van der Waals surface area contributed by atoms with Gasteiger partial charge in [0.05, 0.1) is 7.11 Å². The molecule has 0 bridgehead atoms. The van der Waals surface area contributed by atoms with Gasteiger partial charge in [-0.15, -0.1) is 12.4 Å². The predicted molar refractivity (Wildman–Crippen MR) is 62.4 cm³/mol. The summed E-state index contributed by atoms with van der Waals surface area (Å²) < 4.78 is 36.4. The third kappa shape index (κ3) is 2.81. The van der Waals surface area contributed by atoms with Gasteiger partial charge in [-0.3, -0.25) is 0 Å². The van der Waals surface area contributed by atoms with Crippen LogP contribution in [-0.4, -0.2) is 25.7 Å². The second-order valence-electron chi connectivity index (χ2n) is 3.69. The van der Waals surface area contributed by atoms with Gasteiger partial charge in [0.15, 0.2) is 6.61 Å². The number of ether oxygens (including phenoxy) is 2. The zero-order valence-electron chi connectivity index (χ0n) is 9.48. The van der Waals surface area contributed by atoms with E-state index in [4.69, 9.17) is 4.74 Å². The van der Waals surface area contributed by atoms with Crippen molar-refractivity contribution in [1.29, 1.82) is 0 Å². The van der Waals surface area contributed by atoms with Crippen LogP contribution >= 0.6 is 12.4 Å². The van der Waals surface area contributed by atoms with Crippen LogP contribution in [0.15, 0.2) is 24.3 Å². The summed E-state index contributed by atoms with van der Waals surface area (Å²) in [4.78, 5) is 11.0. The summed E-state index contributed by atoms with van der Waals surface area (Å²) in [6.07, 6.45) is -0.844. The Labute approximate surface area is 109 Å². The number of rotatable bonds is 2. The number of hydrogen-bond acceptors (Lipinski definition) is 3. The van der Waals surface area contributed by atoms with E-state index in [9.17, 15) is 13.6 Å². The number of nitrogens with one attached hydrogen (secondary N) is 1. The van der Waals surface area contributed by atoms with Crippen molar-refractivity contribution in [2.45, 2.75) is 12.0 Å². The maximum Gasteiger partial charge on any atom is 0.408 e. The standard InChI is InChI=1S/C11H11F2NO3.ClH/c1-16-8-4-2-3-7(5-8)9-11(12,13)6-17-10(15)14-9;/h2-5,9H,6H2,1H3,(H,14,15);1H/t9-;/m0./s1. The lowest BCUT2D eigenvalue weighted by molar-refractivity contribution is -0.104. The molecule has 0 saturated carbocycles. The average molecular weight is 280 g/mol. The van der Waals surface area contributed by atoms with Crippen LogP contribution in [0.3, 0.4) is 0 Å². The van der Waals surface area contributed by atoms with Crippen molar-refractivity contribution in [1.82, 2.24) is 5.32 Å². The quantitative estimate of drug-likeness (QED) is 0.905. The van der Waals surface area contributed by atoms with Crippen molar-refractivity contribution >= 4 is 18.5 Å². The minimum Gasteiger partial charge on any atom is -0.497 e. The first-order valence-corrected chi connectivity index (χ1v) is 4.98. The van der Waals surface area contributed by atoms with Crippen LogP contribution in [0.25, 0.3) is 0 Å². The third-order valence-corrected chi connectivity index (χ3v) is 2.51. The highest BCUT2D eigenvalue weighted by molar-refractivity contribution is 5.85. The summed E-state index contributed by atoms with van der Waals surface area (Å²) in [5, 5.41) is 2.11. The SMILES string of the molecule is COc1cccc([C@@H]2NC(=O)OCC2(F)F)c1.Cl. The summed E-state index contributed by atoms with van der Waals surface area (Å²) in [7, 11) is 1.44. The van der Waals surface area contributed by atoms with E-state index in [2.05, 4.69) is 10.1 Å². The van der Waals surface area contributed by atoms with Gasteiger partial charge < -0.3 is 14.8 Å². The summed E-state index contributed by atoms with van der Waals surface area (Å²) >= 11 is 0. The van der Waals surface area contributed by atoms with Crippen LogP contribution in [0.5, 0.6) is 5.75 Å². The number of amides is 1. The minimum atomic E-state index is -3.14. The summed E-state index contributed by atoms with van der Waals surface area (Å²) in [6.45, 7) is -0.916. The molecule has 0 aliphatic carbocycles. The van der Waals surface area contributed by atoms with Crippen LogP contribution in [0.1, 0.15) is 11.6 Å². The van der Waals surface area contributed by atoms with Gasteiger partial charge in [0, 0.05) is 0 Å². The number of benzene rings is 1. The molecule has 1 N–H and O–H groups in total. The smallest absolute Gasteiger partial charge is 0.408 e. The Balaban J connectivity index is 0.00000162. The Morgan fingerprint density at radius 3 is 2.89 bits per heavy atom. The maximum absolute atomic E-state index is 13.6. The lowest BCUT2D eigenvalue weighted by Crippen LogP contribution is -2.49. The molecule has 1 saturated heterocycles. The molecule has 0 radical (unpaired) electrons. The second kappa shape index (κ2) is 5.39. The molecule has 2 rings (SSSR count). The number of hydrogen-bond donors (Lipinski definition) is 1. The number of carbonyl (C=O) groups is 1. The van der Waals surface area contributed by atoms with Crippen molar-refractivity contribution in [2.75, 3.05) is 13.7 Å². The van der Waals surface area contributed by atoms with Crippen molar-refractivity contribution < 1.29 is 23.0 Å². The van der Waals surface area contributed by atoms with Crippen molar-refractivity contribution in [3.63, 3.8) is 0 Å². The number of cyclic esters (lactones) is 1. The first-order chi connectivity index (χ1) is 8.03. The lowest BCUT2D eigenvalue weighted by atomic mass is 10.00. The normalized spacial score (nSPS) is 21.3. The Kier molecular flexibility index (Phi) is 4.34. The van der Waals surface area contributed by atoms with Gasteiger partial charge in [0.25, 0.3) is 0 Å². The van der Waals surface area contributed by atoms with Crippen LogP contribution < -0.4 is 10.1 Å². The van der Waals surface area contributed by atoms with E-state index in [1.807, 2.05) is 0 Å². The Morgan fingerprint density at radius 1 is 1.50 bits per heavy atom. The fourth-order valence-electron chi connectivity index (χ4n) is 1.66. The molecule has 1 amide bonds. The molecule has 1 aliphatic rings. The summed E-state index contributed by atoms with van der Waals surface area (Å²) in [5.74, 6) is -2.68. The molecule has 0 aromatic heterocycles. The topological polar surface area (TPSA) is 47.6 Å². The minimum absolute atomic E-state index is 0. The van der Waals surface area contributed by atoms with Crippen LogP contribution in [0.4, 0.5) is 13.6 Å². The maximum atomic E-state index is 13.6. The van der Waals surface area contributed by atoms with Crippen LogP contribution in [-0.2, 0) is 4.74 Å². The zero-order chi connectivity index (χ0) is 12.5. The van der Waals surface area contributed by atoms with Gasteiger partial charge in [0.1, 0.15) is 11.8 Å². The van der Waals surface area contributed by atoms with E-state index < -0.39 is 24.7 Å². The fourth-order valence-corrected chi connectivity index (χ4v) is 1.66. The monoisotopic (exact) mass is 279 g/mol. The van der Waals surface area contributed by atoms with Gasteiger partial charge in [0.2, 0.25) is 0 Å². The van der Waals surface area contributed by atoms with Crippen LogP contribution in [0.2, 0.25) is 0 Å². The molecule has 1 fully saturated rings. The Morgan fingerprint density at radius 2 is 2.22 bits per heavy atom. The van der Waals surface area contributed by atoms with Crippen molar-refractivity contribution in [2.24, 2.45) is 0 Å². The van der Waals surface area contributed by atoms with E-state index in [0.717, 1.165) is 0 Å². The molecule has 1 aliphatic heterocycles. The van der Waals surface area contributed by atoms with Gasteiger partial charge >= 0.3 is 12.0 Å². The predicted octanol–water partition coefficient (Wildman–Crippen LogP) is 2.53. The van der Waals surface area contributed by atoms with Gasteiger partial charge in [-0.1, -0.05) is 12.1 Å². The van der Waals surface area contributed by atoms with E-state index in [-0.39, 0.29) is 18.0 Å². The highest BCUT2D eigenvalue weighted by Crippen LogP contribution is 2.35. The zero-order valence-corrected chi connectivity index (χ0v) is 10.3. The summed E-state index contributed by atoms with van der Waals surface area (Å²) in [6, 6.07) is 4.81. The highest BCUT2D eigenvalue weighted by atomic mass is 35.5. The largest absolute Gasteiger partial charge is 0.497 e. The first kappa shape index (κ1) is 14.5. The second-order valence-corrected chi connectivity index (χ2v) is 3.69. The molecule has 1 atom stereocenters. The van der Waals surface area contributed by atoms with E-state index >= 15 is 0 Å². The number of alkyl halides is 2. The van der Waals surface area contributed by atoms with E-state index in [1.165, 1.54) is 19.2 Å². The average Bonchev–Trinajstić information content (AvgIpc) is 2.32. The molecule has 1 aromatic rings. The fraction of sp³-hybridized carbons (Fsp3) is 0.364. The third-order valence-electron chi connectivity index (χ3n) is 2.51. The number of halogens is 3. The Hall–Kier alpha value is -1.56. The molecule has 0 spiro atoms. The molecule has 1 aromatic carbocycles. The molecule has 18 heavy (non-hydrogen) atoms. The van der Waals surface area contributed by atoms with E-state index in [1.54, 1.807) is 12.1 Å². The number of methoxy groups -OCH3 is 1. The highest BCUT2D eigenvalue weighted by Gasteiger charge is 2.46. The van der Waals surface area contributed by atoms with Crippen molar-refractivity contribution in [3.05, 3.63) is 29.8 Å². The molecule has 7 heteroatoms. The molecule has 0 unspecified atom stereocenters. The number of alkyl carbamates (subject to hydrolysis) is 1. The molecule has 1 heterocycles. The number of carbonyl (C=O) groups excluding carboxylic acids is 1. The van der Waals surface area contributed by atoms with E-state index in [0.29, 0.717) is 5.75 Å². The molecule has 4 nitrogen and oxygen atoms in total. The first-order valence-electron chi connectivity index (χ1n) is 4.98. The van der Waals surface area contributed by atoms with Gasteiger partial charge in [-0.25, -0.2) is 13.6 Å². The van der Waals surface area contributed by atoms with Gasteiger partial charge in [-0.2, -0.15) is 0 Å². The summed E-state index contributed by atoms with van der Waals surface area (Å²) in [5.41, 5.74) is 0.283. The van der Waals surface area contributed by atoms with Crippen molar-refractivity contribution in [3.8, 4) is 5.75 Å². The molecule has 100 valence electrons. The molecular weight excluding hydrogens is 268 g/mol. The van der Waals surface area contributed by atoms with Gasteiger partial charge in [-0.05, 0) is 17.7 Å².